The summed E-state index contributed by atoms with van der Waals surface area (Å²) in [5.41, 5.74) is -0.820. The molecule has 5 heteroatoms. The van der Waals surface area contributed by atoms with Crippen LogP contribution in [-0.2, 0) is 9.53 Å². The van der Waals surface area contributed by atoms with Crippen molar-refractivity contribution in [1.82, 2.24) is 0 Å². The van der Waals surface area contributed by atoms with Gasteiger partial charge < -0.3 is 9.84 Å². The zero-order chi connectivity index (χ0) is 13.9. The number of aliphatic hydroxyl groups excluding tert-OH is 1. The molecule has 0 saturated carbocycles. The second-order valence-electron chi connectivity index (χ2n) is 4.51. The molecule has 1 aromatic carbocycles. The molecule has 1 atom stereocenters. The van der Waals surface area contributed by atoms with Crippen molar-refractivity contribution in [2.24, 2.45) is 5.41 Å². The molecule has 3 nitrogen and oxygen atoms in total. The number of rotatable bonds is 4. The summed E-state index contributed by atoms with van der Waals surface area (Å²) < 4.78 is 18.7. The molecule has 1 N–H and O–H groups in total. The maximum absolute atomic E-state index is 13.2. The van der Waals surface area contributed by atoms with Crippen LogP contribution in [0.3, 0.4) is 0 Å². The van der Waals surface area contributed by atoms with Crippen LogP contribution in [0.25, 0.3) is 0 Å². The summed E-state index contributed by atoms with van der Waals surface area (Å²) in [5, 5.41) is 10.3. The van der Waals surface area contributed by atoms with Gasteiger partial charge in [0.25, 0.3) is 0 Å². The molecule has 1 rings (SSSR count). The van der Waals surface area contributed by atoms with Crippen molar-refractivity contribution in [3.05, 3.63) is 34.1 Å². The minimum absolute atomic E-state index is 0.235. The highest BCUT2D eigenvalue weighted by Gasteiger charge is 2.39. The summed E-state index contributed by atoms with van der Waals surface area (Å²) in [6, 6.07) is 3.97. The van der Waals surface area contributed by atoms with Crippen molar-refractivity contribution in [3.63, 3.8) is 0 Å². The highest BCUT2D eigenvalue weighted by atomic mass is 79.9. The van der Waals surface area contributed by atoms with Crippen molar-refractivity contribution < 1.29 is 19.0 Å². The van der Waals surface area contributed by atoms with E-state index in [1.807, 2.05) is 0 Å². The summed E-state index contributed by atoms with van der Waals surface area (Å²) in [6.45, 7) is 5.05. The van der Waals surface area contributed by atoms with Gasteiger partial charge in [0.1, 0.15) is 5.82 Å². The first kappa shape index (κ1) is 15.1. The van der Waals surface area contributed by atoms with Gasteiger partial charge in [-0.3, -0.25) is 4.79 Å². The molecule has 0 bridgehead atoms. The lowest BCUT2D eigenvalue weighted by atomic mass is 9.82. The average Bonchev–Trinajstić information content (AvgIpc) is 2.31. The Morgan fingerprint density at radius 1 is 1.56 bits per heavy atom. The van der Waals surface area contributed by atoms with Crippen LogP contribution in [0.15, 0.2) is 22.7 Å². The predicted octanol–water partition coefficient (Wildman–Crippen LogP) is 3.21. The fourth-order valence-corrected chi connectivity index (χ4v) is 2.01. The topological polar surface area (TPSA) is 46.5 Å². The van der Waals surface area contributed by atoms with Gasteiger partial charge in [-0.2, -0.15) is 0 Å². The molecule has 0 aliphatic rings. The molecule has 0 aliphatic heterocycles. The van der Waals surface area contributed by atoms with Gasteiger partial charge in [0.15, 0.2) is 0 Å². The molecule has 1 unspecified atom stereocenters. The van der Waals surface area contributed by atoms with Crippen LogP contribution in [0.2, 0.25) is 0 Å². The van der Waals surface area contributed by atoms with E-state index in [-0.39, 0.29) is 6.61 Å². The summed E-state index contributed by atoms with van der Waals surface area (Å²) >= 11 is 3.23. The third-order valence-corrected chi connectivity index (χ3v) is 3.46. The minimum Gasteiger partial charge on any atom is -0.465 e. The third-order valence-electron chi connectivity index (χ3n) is 2.74. The zero-order valence-electron chi connectivity index (χ0n) is 10.5. The number of hydrogen-bond acceptors (Lipinski definition) is 3. The Hall–Kier alpha value is -0.940. The number of benzene rings is 1. The summed E-state index contributed by atoms with van der Waals surface area (Å²) in [4.78, 5) is 11.8. The van der Waals surface area contributed by atoms with E-state index in [1.165, 1.54) is 18.2 Å². The fraction of sp³-hybridized carbons (Fsp3) is 0.462. The molecule has 18 heavy (non-hydrogen) atoms. The Morgan fingerprint density at radius 2 is 2.17 bits per heavy atom. The Morgan fingerprint density at radius 3 is 2.72 bits per heavy atom. The van der Waals surface area contributed by atoms with Gasteiger partial charge in [0.05, 0.1) is 18.1 Å². The predicted molar refractivity (Wildman–Crippen MR) is 69.5 cm³/mol. The van der Waals surface area contributed by atoms with E-state index in [0.29, 0.717) is 10.0 Å². The van der Waals surface area contributed by atoms with Crippen molar-refractivity contribution in [2.45, 2.75) is 26.9 Å². The second-order valence-corrected chi connectivity index (χ2v) is 5.36. The minimum atomic E-state index is -1.15. The largest absolute Gasteiger partial charge is 0.465 e. The van der Waals surface area contributed by atoms with Crippen LogP contribution >= 0.6 is 15.9 Å². The lowest BCUT2D eigenvalue weighted by Gasteiger charge is -2.29. The van der Waals surface area contributed by atoms with Gasteiger partial charge in [-0.05, 0) is 44.5 Å². The van der Waals surface area contributed by atoms with Crippen LogP contribution in [0.1, 0.15) is 32.4 Å². The Bertz CT molecular complexity index is 446. The molecule has 0 saturated heterocycles. The number of esters is 1. The molecule has 0 aliphatic carbocycles. The molecule has 0 amide bonds. The van der Waals surface area contributed by atoms with E-state index in [9.17, 15) is 14.3 Å². The molecule has 0 spiro atoms. The first-order valence-electron chi connectivity index (χ1n) is 5.61. The molecule has 1 aromatic rings. The van der Waals surface area contributed by atoms with Gasteiger partial charge in [-0.25, -0.2) is 4.39 Å². The molecular formula is C13H16BrFO3. The van der Waals surface area contributed by atoms with E-state index in [2.05, 4.69) is 15.9 Å². The number of carbonyl (C=O) groups is 1. The van der Waals surface area contributed by atoms with Crippen LogP contribution in [0.4, 0.5) is 4.39 Å². The van der Waals surface area contributed by atoms with E-state index in [4.69, 9.17) is 4.74 Å². The van der Waals surface area contributed by atoms with Crippen molar-refractivity contribution in [2.75, 3.05) is 6.61 Å². The standard InChI is InChI=1S/C13H16BrFO3/c1-4-18-12(17)13(2,3)11(16)9-7-8(15)5-6-10(9)14/h5-7,11,16H,4H2,1-3H3. The average molecular weight is 319 g/mol. The Kier molecular flexibility index (Phi) is 4.87. The van der Waals surface area contributed by atoms with E-state index in [0.717, 1.165) is 0 Å². The van der Waals surface area contributed by atoms with Gasteiger partial charge in [-0.15, -0.1) is 0 Å². The maximum atomic E-state index is 13.2. The smallest absolute Gasteiger partial charge is 0.314 e. The van der Waals surface area contributed by atoms with Gasteiger partial charge in [-0.1, -0.05) is 15.9 Å². The summed E-state index contributed by atoms with van der Waals surface area (Å²) in [5.74, 6) is -0.986. The van der Waals surface area contributed by atoms with Crippen LogP contribution in [0.5, 0.6) is 0 Å². The quantitative estimate of drug-likeness (QED) is 0.867. The van der Waals surface area contributed by atoms with E-state index < -0.39 is 23.3 Å². The molecule has 0 heterocycles. The molecule has 100 valence electrons. The van der Waals surface area contributed by atoms with Gasteiger partial charge >= 0.3 is 5.97 Å². The van der Waals surface area contributed by atoms with Gasteiger partial charge in [0.2, 0.25) is 0 Å². The first-order chi connectivity index (χ1) is 8.30. The molecule has 0 radical (unpaired) electrons. The fourth-order valence-electron chi connectivity index (χ4n) is 1.54. The number of carbonyl (C=O) groups excluding carboxylic acids is 1. The molecule has 0 aromatic heterocycles. The lowest BCUT2D eigenvalue weighted by Crippen LogP contribution is -2.33. The van der Waals surface area contributed by atoms with E-state index >= 15 is 0 Å². The zero-order valence-corrected chi connectivity index (χ0v) is 12.1. The summed E-state index contributed by atoms with van der Waals surface area (Å²) in [7, 11) is 0. The third kappa shape index (κ3) is 3.09. The number of hydrogen-bond donors (Lipinski definition) is 1. The Labute approximate surface area is 114 Å². The van der Waals surface area contributed by atoms with Crippen molar-refractivity contribution in [1.29, 1.82) is 0 Å². The van der Waals surface area contributed by atoms with Crippen LogP contribution in [0, 0.1) is 11.2 Å². The van der Waals surface area contributed by atoms with Crippen LogP contribution < -0.4 is 0 Å². The maximum Gasteiger partial charge on any atom is 0.314 e. The number of halogens is 2. The normalized spacial score (nSPS) is 13.2. The summed E-state index contributed by atoms with van der Waals surface area (Å²) in [6.07, 6.45) is -1.15. The SMILES string of the molecule is CCOC(=O)C(C)(C)C(O)c1cc(F)ccc1Br. The van der Waals surface area contributed by atoms with Crippen molar-refractivity contribution >= 4 is 21.9 Å². The van der Waals surface area contributed by atoms with Crippen LogP contribution in [-0.4, -0.2) is 17.7 Å². The number of ether oxygens (including phenoxy) is 1. The molecular weight excluding hydrogens is 303 g/mol. The monoisotopic (exact) mass is 318 g/mol. The van der Waals surface area contributed by atoms with E-state index in [1.54, 1.807) is 20.8 Å². The highest BCUT2D eigenvalue weighted by Crippen LogP contribution is 2.38. The van der Waals surface area contributed by atoms with Crippen molar-refractivity contribution in [3.8, 4) is 0 Å². The molecule has 0 fully saturated rings. The lowest BCUT2D eigenvalue weighted by molar-refractivity contribution is -0.160. The van der Waals surface area contributed by atoms with Gasteiger partial charge in [0, 0.05) is 4.47 Å². The number of aliphatic hydroxyl groups is 1. The highest BCUT2D eigenvalue weighted by molar-refractivity contribution is 9.10. The Balaban J connectivity index is 3.08. The second kappa shape index (κ2) is 5.80. The first-order valence-corrected chi connectivity index (χ1v) is 6.40.